The van der Waals surface area contributed by atoms with Crippen molar-refractivity contribution in [2.24, 2.45) is 5.92 Å². The van der Waals surface area contributed by atoms with E-state index >= 15 is 0 Å². The number of carbonyl (C=O) groups is 2. The molecule has 1 N–H and O–H groups in total. The molecule has 0 unspecified atom stereocenters. The SMILES string of the molecule is O=C(Nc1cc(C(F)(F)F)ccc1-n1cccn1)C1CCN(C(=O)c2ccc(F)cc2)CC1. The van der Waals surface area contributed by atoms with Crippen molar-refractivity contribution in [3.63, 3.8) is 0 Å². The van der Waals surface area contributed by atoms with Gasteiger partial charge < -0.3 is 10.2 Å². The van der Waals surface area contributed by atoms with Crippen molar-refractivity contribution in [2.75, 3.05) is 18.4 Å². The number of rotatable bonds is 4. The fourth-order valence-corrected chi connectivity index (χ4v) is 3.78. The smallest absolute Gasteiger partial charge is 0.339 e. The number of nitrogens with one attached hydrogen (secondary N) is 1. The van der Waals surface area contributed by atoms with Crippen LogP contribution in [0, 0.1) is 11.7 Å². The van der Waals surface area contributed by atoms with Crippen LogP contribution in [0.4, 0.5) is 23.2 Å². The van der Waals surface area contributed by atoms with Gasteiger partial charge in [0.05, 0.1) is 16.9 Å². The Labute approximate surface area is 186 Å². The molecule has 10 heteroatoms. The third kappa shape index (κ3) is 5.05. The Kier molecular flexibility index (Phi) is 6.17. The Balaban J connectivity index is 1.45. The van der Waals surface area contributed by atoms with Gasteiger partial charge in [0.15, 0.2) is 0 Å². The van der Waals surface area contributed by atoms with Gasteiger partial charge in [-0.2, -0.15) is 18.3 Å². The fraction of sp³-hybridized carbons (Fsp3) is 0.261. The summed E-state index contributed by atoms with van der Waals surface area (Å²) in [6, 6.07) is 9.93. The van der Waals surface area contributed by atoms with Gasteiger partial charge in [0.2, 0.25) is 5.91 Å². The number of anilines is 1. The molecule has 0 atom stereocenters. The van der Waals surface area contributed by atoms with Gasteiger partial charge in [-0.15, -0.1) is 0 Å². The maximum atomic E-state index is 13.2. The lowest BCUT2D eigenvalue weighted by molar-refractivity contribution is -0.137. The van der Waals surface area contributed by atoms with E-state index in [1.54, 1.807) is 17.2 Å². The van der Waals surface area contributed by atoms with Gasteiger partial charge in [0.25, 0.3) is 5.91 Å². The maximum absolute atomic E-state index is 13.2. The number of hydrogen-bond donors (Lipinski definition) is 1. The summed E-state index contributed by atoms with van der Waals surface area (Å²) in [5.74, 6) is -1.59. The first kappa shape index (κ1) is 22.5. The predicted octanol–water partition coefficient (Wildman–Crippen LogP) is 4.52. The summed E-state index contributed by atoms with van der Waals surface area (Å²) in [4.78, 5) is 27.0. The summed E-state index contributed by atoms with van der Waals surface area (Å²) in [6.07, 6.45) is -0.799. The van der Waals surface area contributed by atoms with Gasteiger partial charge in [-0.05, 0) is 61.4 Å². The van der Waals surface area contributed by atoms with Gasteiger partial charge in [-0.25, -0.2) is 9.07 Å². The Hall–Kier alpha value is -3.69. The highest BCUT2D eigenvalue weighted by Gasteiger charge is 2.32. The van der Waals surface area contributed by atoms with Crippen LogP contribution in [0.15, 0.2) is 60.9 Å². The number of piperidine rings is 1. The average Bonchev–Trinajstić information content (AvgIpc) is 3.33. The van der Waals surface area contributed by atoms with Crippen molar-refractivity contribution in [2.45, 2.75) is 19.0 Å². The van der Waals surface area contributed by atoms with Crippen molar-refractivity contribution >= 4 is 17.5 Å². The molecule has 2 amide bonds. The third-order valence-corrected chi connectivity index (χ3v) is 5.58. The number of alkyl halides is 3. The van der Waals surface area contributed by atoms with Crippen LogP contribution in [-0.2, 0) is 11.0 Å². The van der Waals surface area contributed by atoms with E-state index in [0.717, 1.165) is 12.1 Å². The topological polar surface area (TPSA) is 67.2 Å². The van der Waals surface area contributed by atoms with E-state index in [9.17, 15) is 27.2 Å². The van der Waals surface area contributed by atoms with Crippen molar-refractivity contribution < 1.29 is 27.2 Å². The van der Waals surface area contributed by atoms with Gasteiger partial charge in [-0.1, -0.05) is 0 Å². The number of amides is 2. The molecule has 6 nitrogen and oxygen atoms in total. The lowest BCUT2D eigenvalue weighted by Crippen LogP contribution is -2.41. The molecule has 4 rings (SSSR count). The monoisotopic (exact) mass is 460 g/mol. The molecular formula is C23H20F4N4O2. The zero-order valence-electron chi connectivity index (χ0n) is 17.3. The highest BCUT2D eigenvalue weighted by molar-refractivity contribution is 5.96. The fourth-order valence-electron chi connectivity index (χ4n) is 3.78. The molecule has 1 aliphatic rings. The molecule has 0 aliphatic carbocycles. The molecular weight excluding hydrogens is 440 g/mol. The highest BCUT2D eigenvalue weighted by atomic mass is 19.4. The predicted molar refractivity (Wildman–Crippen MR) is 112 cm³/mol. The molecule has 172 valence electrons. The number of aromatic nitrogens is 2. The summed E-state index contributed by atoms with van der Waals surface area (Å²) < 4.78 is 54.1. The molecule has 2 heterocycles. The number of benzene rings is 2. The summed E-state index contributed by atoms with van der Waals surface area (Å²) >= 11 is 0. The van der Waals surface area contributed by atoms with E-state index in [2.05, 4.69) is 10.4 Å². The van der Waals surface area contributed by atoms with E-state index in [4.69, 9.17) is 0 Å². The lowest BCUT2D eigenvalue weighted by atomic mass is 9.95. The molecule has 0 spiro atoms. The Bertz CT molecular complexity index is 1140. The first-order chi connectivity index (χ1) is 15.7. The highest BCUT2D eigenvalue weighted by Crippen LogP contribution is 2.34. The van der Waals surface area contributed by atoms with E-state index in [1.807, 2.05) is 0 Å². The summed E-state index contributed by atoms with van der Waals surface area (Å²) in [5.41, 5.74) is -0.214. The standard InChI is InChI=1S/C23H20F4N4O2/c24-18-5-2-16(3-6-18)22(33)30-12-8-15(9-13-30)21(32)29-19-14-17(23(25,26)27)4-7-20(19)31-11-1-10-28-31/h1-7,10-11,14-15H,8-9,12-13H2,(H,29,32). The second-order valence-electron chi connectivity index (χ2n) is 7.74. The van der Waals surface area contributed by atoms with Crippen molar-refractivity contribution in [1.29, 1.82) is 0 Å². The van der Waals surface area contributed by atoms with Crippen LogP contribution in [0.25, 0.3) is 5.69 Å². The molecule has 33 heavy (non-hydrogen) atoms. The molecule has 0 bridgehead atoms. The molecule has 1 aliphatic heterocycles. The van der Waals surface area contributed by atoms with Crippen molar-refractivity contribution in [3.8, 4) is 5.69 Å². The molecule has 1 fully saturated rings. The van der Waals surface area contributed by atoms with Crippen LogP contribution in [0.5, 0.6) is 0 Å². The minimum absolute atomic E-state index is 0.00310. The van der Waals surface area contributed by atoms with E-state index in [1.165, 1.54) is 41.2 Å². The lowest BCUT2D eigenvalue weighted by Gasteiger charge is -2.31. The molecule has 2 aromatic carbocycles. The van der Waals surface area contributed by atoms with Gasteiger partial charge in [-0.3, -0.25) is 9.59 Å². The first-order valence-electron chi connectivity index (χ1n) is 10.3. The van der Waals surface area contributed by atoms with Crippen LogP contribution in [0.3, 0.4) is 0 Å². The molecule has 0 saturated carbocycles. The van der Waals surface area contributed by atoms with E-state index in [-0.39, 0.29) is 11.6 Å². The Morgan fingerprint density at radius 3 is 2.33 bits per heavy atom. The largest absolute Gasteiger partial charge is 0.416 e. The van der Waals surface area contributed by atoms with E-state index < -0.39 is 29.4 Å². The average molecular weight is 460 g/mol. The minimum atomic E-state index is -4.56. The normalized spacial score (nSPS) is 14.8. The van der Waals surface area contributed by atoms with Gasteiger partial charge >= 0.3 is 6.18 Å². The number of likely N-dealkylation sites (tertiary alicyclic amines) is 1. The second kappa shape index (κ2) is 9.05. The van der Waals surface area contributed by atoms with Crippen LogP contribution in [0.2, 0.25) is 0 Å². The van der Waals surface area contributed by atoms with Crippen molar-refractivity contribution in [1.82, 2.24) is 14.7 Å². The van der Waals surface area contributed by atoms with Crippen LogP contribution in [-0.4, -0.2) is 39.6 Å². The summed E-state index contributed by atoms with van der Waals surface area (Å²) in [7, 11) is 0. The van der Waals surface area contributed by atoms with Crippen LogP contribution in [0.1, 0.15) is 28.8 Å². The third-order valence-electron chi connectivity index (χ3n) is 5.58. The molecule has 0 radical (unpaired) electrons. The maximum Gasteiger partial charge on any atom is 0.416 e. The minimum Gasteiger partial charge on any atom is -0.339 e. The molecule has 3 aromatic rings. The first-order valence-corrected chi connectivity index (χ1v) is 10.3. The summed E-state index contributed by atoms with van der Waals surface area (Å²) in [5, 5.41) is 6.66. The van der Waals surface area contributed by atoms with Gasteiger partial charge in [0.1, 0.15) is 5.82 Å². The van der Waals surface area contributed by atoms with Crippen molar-refractivity contribution in [3.05, 3.63) is 77.9 Å². The number of halogens is 4. The van der Waals surface area contributed by atoms with Crippen LogP contribution < -0.4 is 5.32 Å². The number of nitrogens with zero attached hydrogens (tertiary/aromatic N) is 3. The van der Waals surface area contributed by atoms with Gasteiger partial charge in [0, 0.05) is 37.0 Å². The molecule has 1 aromatic heterocycles. The zero-order chi connectivity index (χ0) is 23.6. The molecule has 1 saturated heterocycles. The van der Waals surface area contributed by atoms with E-state index in [0.29, 0.717) is 37.2 Å². The quantitative estimate of drug-likeness (QED) is 0.583. The Morgan fingerprint density at radius 1 is 1.03 bits per heavy atom. The number of carbonyl (C=O) groups excluding carboxylic acids is 2. The van der Waals surface area contributed by atoms with Crippen LogP contribution >= 0.6 is 0 Å². The Morgan fingerprint density at radius 2 is 1.73 bits per heavy atom. The second-order valence-corrected chi connectivity index (χ2v) is 7.74. The number of hydrogen-bond acceptors (Lipinski definition) is 3. The zero-order valence-corrected chi connectivity index (χ0v) is 17.3. The summed E-state index contributed by atoms with van der Waals surface area (Å²) in [6.45, 7) is 0.617.